The Balaban J connectivity index is 2.29. The lowest BCUT2D eigenvalue weighted by molar-refractivity contribution is -0.138. The number of ether oxygens (including phenoxy) is 1. The van der Waals surface area contributed by atoms with Crippen molar-refractivity contribution in [1.29, 1.82) is 5.41 Å². The van der Waals surface area contributed by atoms with E-state index in [2.05, 4.69) is 5.32 Å². The van der Waals surface area contributed by atoms with E-state index in [4.69, 9.17) is 15.9 Å². The summed E-state index contributed by atoms with van der Waals surface area (Å²) in [5.41, 5.74) is 8.25. The molecule has 6 nitrogen and oxygen atoms in total. The van der Waals surface area contributed by atoms with Gasteiger partial charge in [0.2, 0.25) is 0 Å². The van der Waals surface area contributed by atoms with Gasteiger partial charge in [0.15, 0.2) is 6.04 Å². The van der Waals surface area contributed by atoms with Gasteiger partial charge in [-0.05, 0) is 53.9 Å². The van der Waals surface area contributed by atoms with Crippen molar-refractivity contribution >= 4 is 17.5 Å². The topological polar surface area (TPSA) is 108 Å². The number of carboxylic acid groups (broad SMARTS) is 1. The predicted molar refractivity (Wildman–Crippen MR) is 93.8 cm³/mol. The van der Waals surface area contributed by atoms with Gasteiger partial charge < -0.3 is 20.9 Å². The number of nitrogens with one attached hydrogen (secondary N) is 2. The fourth-order valence-corrected chi connectivity index (χ4v) is 2.45. The van der Waals surface area contributed by atoms with Crippen LogP contribution in [0.3, 0.4) is 0 Å². The van der Waals surface area contributed by atoms with E-state index in [9.17, 15) is 9.90 Å². The minimum atomic E-state index is -0.974. The van der Waals surface area contributed by atoms with Crippen molar-refractivity contribution in [3.63, 3.8) is 0 Å². The Morgan fingerprint density at radius 2 is 1.96 bits per heavy atom. The number of carboxylic acids is 1. The van der Waals surface area contributed by atoms with Crippen molar-refractivity contribution < 1.29 is 14.6 Å². The molecule has 0 saturated heterocycles. The molecule has 24 heavy (non-hydrogen) atoms. The van der Waals surface area contributed by atoms with E-state index >= 15 is 0 Å². The van der Waals surface area contributed by atoms with E-state index in [1.54, 1.807) is 43.5 Å². The minimum Gasteiger partial charge on any atom is -0.496 e. The second-order valence-corrected chi connectivity index (χ2v) is 5.33. The Kier molecular flexibility index (Phi) is 5.42. The highest BCUT2D eigenvalue weighted by Gasteiger charge is 2.20. The highest BCUT2D eigenvalue weighted by atomic mass is 16.5. The highest BCUT2D eigenvalue weighted by molar-refractivity contribution is 5.95. The largest absolute Gasteiger partial charge is 0.496 e. The summed E-state index contributed by atoms with van der Waals surface area (Å²) in [5.74, 6) is -0.256. The normalized spacial score (nSPS) is 11.6. The van der Waals surface area contributed by atoms with E-state index < -0.39 is 12.0 Å². The lowest BCUT2D eigenvalue weighted by atomic mass is 10.0. The van der Waals surface area contributed by atoms with Crippen LogP contribution in [0.25, 0.3) is 0 Å². The van der Waals surface area contributed by atoms with Crippen LogP contribution in [0.15, 0.2) is 42.5 Å². The molecular weight excluding hydrogens is 306 g/mol. The number of nitrogen functional groups attached to an aromatic ring is 1. The molecule has 0 spiro atoms. The van der Waals surface area contributed by atoms with E-state index in [1.165, 1.54) is 0 Å². The van der Waals surface area contributed by atoms with Crippen LogP contribution in [0.4, 0.5) is 5.69 Å². The number of anilines is 1. The molecule has 0 aliphatic heterocycles. The third-order valence-electron chi connectivity index (χ3n) is 3.77. The zero-order valence-electron chi connectivity index (χ0n) is 13.7. The molecule has 6 heteroatoms. The van der Waals surface area contributed by atoms with Crippen molar-refractivity contribution in [3.8, 4) is 5.75 Å². The van der Waals surface area contributed by atoms with Crippen LogP contribution in [0, 0.1) is 5.41 Å². The van der Waals surface area contributed by atoms with Gasteiger partial charge in [0.1, 0.15) is 11.6 Å². The molecule has 5 N–H and O–H groups in total. The molecule has 0 aliphatic rings. The van der Waals surface area contributed by atoms with Gasteiger partial charge in [-0.2, -0.15) is 0 Å². The summed E-state index contributed by atoms with van der Waals surface area (Å²) in [6.07, 6.45) is 0.747. The summed E-state index contributed by atoms with van der Waals surface area (Å²) >= 11 is 0. The number of nitrogens with two attached hydrogens (primary N) is 1. The third kappa shape index (κ3) is 3.84. The number of methoxy groups -OCH3 is 1. The van der Waals surface area contributed by atoms with Crippen LogP contribution in [0.5, 0.6) is 5.75 Å². The van der Waals surface area contributed by atoms with E-state index in [0.717, 1.165) is 17.7 Å². The summed E-state index contributed by atoms with van der Waals surface area (Å²) in [7, 11) is 1.59. The minimum absolute atomic E-state index is 0.0286. The van der Waals surface area contributed by atoms with Gasteiger partial charge in [-0.25, -0.2) is 4.79 Å². The summed E-state index contributed by atoms with van der Waals surface area (Å²) in [5, 5.41) is 20.0. The van der Waals surface area contributed by atoms with Gasteiger partial charge in [0.25, 0.3) is 0 Å². The smallest absolute Gasteiger partial charge is 0.330 e. The highest BCUT2D eigenvalue weighted by Crippen LogP contribution is 2.26. The Bertz CT molecular complexity index is 742. The van der Waals surface area contributed by atoms with Crippen LogP contribution < -0.4 is 15.8 Å². The Labute approximate surface area is 140 Å². The van der Waals surface area contributed by atoms with Crippen LogP contribution >= 0.6 is 0 Å². The first-order chi connectivity index (χ1) is 11.5. The molecule has 2 rings (SSSR count). The second-order valence-electron chi connectivity index (χ2n) is 5.33. The molecule has 2 aromatic carbocycles. The van der Waals surface area contributed by atoms with Crippen LogP contribution in [0.1, 0.15) is 29.7 Å². The van der Waals surface area contributed by atoms with Gasteiger partial charge in [-0.15, -0.1) is 0 Å². The molecule has 1 atom stereocenters. The number of aliphatic carboxylic acids is 1. The van der Waals surface area contributed by atoms with E-state index in [1.807, 2.05) is 13.0 Å². The maximum absolute atomic E-state index is 11.7. The molecular formula is C18H21N3O3. The lowest BCUT2D eigenvalue weighted by Crippen LogP contribution is -2.21. The summed E-state index contributed by atoms with van der Waals surface area (Å²) in [6, 6.07) is 11.2. The number of carbonyl (C=O) groups is 1. The first-order valence-electron chi connectivity index (χ1n) is 7.56. The fraction of sp³-hybridized carbons (Fsp3) is 0.222. The zero-order chi connectivity index (χ0) is 17.7. The van der Waals surface area contributed by atoms with Crippen molar-refractivity contribution in [1.82, 2.24) is 0 Å². The number of rotatable bonds is 7. The maximum atomic E-state index is 11.7. The Morgan fingerprint density at radius 3 is 2.46 bits per heavy atom. The molecule has 126 valence electrons. The Hall–Kier alpha value is -3.02. The maximum Gasteiger partial charge on any atom is 0.330 e. The monoisotopic (exact) mass is 327 g/mol. The molecule has 0 saturated carbocycles. The van der Waals surface area contributed by atoms with Crippen molar-refractivity contribution in [2.24, 2.45) is 5.73 Å². The number of amidine groups is 1. The number of hydrogen-bond donors (Lipinski definition) is 4. The standard InChI is InChI=1S/C18H21N3O3/c1-3-11-10-13(6-9-15(11)24-2)16(18(22)23)21-14-7-4-12(5-8-14)17(19)20/h4-10,16,21H,3H2,1-2H3,(H3,19,20)(H,22,23). The van der Waals surface area contributed by atoms with Crippen molar-refractivity contribution in [2.75, 3.05) is 12.4 Å². The third-order valence-corrected chi connectivity index (χ3v) is 3.77. The number of aryl methyl sites for hydroxylation is 1. The summed E-state index contributed by atoms with van der Waals surface area (Å²) < 4.78 is 5.29. The molecule has 0 fully saturated rings. The second kappa shape index (κ2) is 7.50. The molecule has 2 aromatic rings. The first-order valence-corrected chi connectivity index (χ1v) is 7.56. The fourth-order valence-electron chi connectivity index (χ4n) is 2.45. The van der Waals surface area contributed by atoms with E-state index in [0.29, 0.717) is 16.8 Å². The predicted octanol–water partition coefficient (Wildman–Crippen LogP) is 2.78. The van der Waals surface area contributed by atoms with Gasteiger partial charge in [-0.1, -0.05) is 13.0 Å². The van der Waals surface area contributed by atoms with Crippen molar-refractivity contribution in [3.05, 3.63) is 59.2 Å². The Morgan fingerprint density at radius 1 is 1.29 bits per heavy atom. The molecule has 0 amide bonds. The van der Waals surface area contributed by atoms with E-state index in [-0.39, 0.29) is 5.84 Å². The van der Waals surface area contributed by atoms with Crippen LogP contribution in [0.2, 0.25) is 0 Å². The van der Waals surface area contributed by atoms with Crippen molar-refractivity contribution in [2.45, 2.75) is 19.4 Å². The molecule has 1 unspecified atom stereocenters. The average molecular weight is 327 g/mol. The molecule has 0 aliphatic carbocycles. The molecule has 0 bridgehead atoms. The summed E-state index contributed by atoms with van der Waals surface area (Å²) in [4.78, 5) is 11.7. The molecule has 0 aromatic heterocycles. The van der Waals surface area contributed by atoms with Gasteiger partial charge >= 0.3 is 5.97 Å². The average Bonchev–Trinajstić information content (AvgIpc) is 2.59. The zero-order valence-corrected chi connectivity index (χ0v) is 13.7. The SMILES string of the molecule is CCc1cc(C(Nc2ccc(C(=N)N)cc2)C(=O)O)ccc1OC. The van der Waals surface area contributed by atoms with Gasteiger partial charge in [-0.3, -0.25) is 5.41 Å². The first kappa shape index (κ1) is 17.3. The number of hydrogen-bond acceptors (Lipinski definition) is 4. The van der Waals surface area contributed by atoms with Crippen LogP contribution in [-0.4, -0.2) is 24.0 Å². The van der Waals surface area contributed by atoms with Gasteiger partial charge in [0.05, 0.1) is 7.11 Å². The van der Waals surface area contributed by atoms with Crippen LogP contribution in [-0.2, 0) is 11.2 Å². The lowest BCUT2D eigenvalue weighted by Gasteiger charge is -2.18. The molecule has 0 heterocycles. The van der Waals surface area contributed by atoms with Gasteiger partial charge in [0, 0.05) is 11.3 Å². The number of benzene rings is 2. The molecule has 0 radical (unpaired) electrons. The quantitative estimate of drug-likeness (QED) is 0.462. The summed E-state index contributed by atoms with van der Waals surface area (Å²) in [6.45, 7) is 1.99.